The average Bonchev–Trinajstić information content (AvgIpc) is 2.19. The van der Waals surface area contributed by atoms with Gasteiger partial charge in [-0.15, -0.1) is 0 Å². The molecule has 2 rings (SSSR count). The van der Waals surface area contributed by atoms with Gasteiger partial charge in [-0.3, -0.25) is 0 Å². The van der Waals surface area contributed by atoms with E-state index in [1.807, 2.05) is 30.3 Å². The minimum Gasteiger partial charge on any atom is -0.439 e. The van der Waals surface area contributed by atoms with Crippen molar-refractivity contribution in [2.75, 3.05) is 0 Å². The van der Waals surface area contributed by atoms with E-state index in [1.165, 1.54) is 6.33 Å². The Labute approximate surface area is 89.9 Å². The summed E-state index contributed by atoms with van der Waals surface area (Å²) in [4.78, 5) is 7.88. The predicted octanol–water partition coefficient (Wildman–Crippen LogP) is 3.03. The van der Waals surface area contributed by atoms with Crippen molar-refractivity contribution in [3.8, 4) is 11.6 Å². The van der Waals surface area contributed by atoms with Crippen LogP contribution in [0.1, 0.15) is 0 Å². The average molecular weight is 251 g/mol. The van der Waals surface area contributed by atoms with Crippen molar-refractivity contribution in [1.82, 2.24) is 9.97 Å². The Balaban J connectivity index is 2.19. The zero-order chi connectivity index (χ0) is 9.80. The van der Waals surface area contributed by atoms with E-state index in [0.29, 0.717) is 10.5 Å². The first-order chi connectivity index (χ1) is 6.84. The van der Waals surface area contributed by atoms with E-state index < -0.39 is 0 Å². The summed E-state index contributed by atoms with van der Waals surface area (Å²) in [5, 5.41) is 0. The molecule has 0 bridgehead atoms. The zero-order valence-electron chi connectivity index (χ0n) is 7.22. The van der Waals surface area contributed by atoms with Crippen LogP contribution in [-0.2, 0) is 0 Å². The molecule has 1 aromatic carbocycles. The van der Waals surface area contributed by atoms with Crippen LogP contribution in [0.5, 0.6) is 11.6 Å². The van der Waals surface area contributed by atoms with Gasteiger partial charge in [0.15, 0.2) is 0 Å². The minimum absolute atomic E-state index is 0.526. The van der Waals surface area contributed by atoms with Crippen LogP contribution in [-0.4, -0.2) is 9.97 Å². The van der Waals surface area contributed by atoms with E-state index >= 15 is 0 Å². The second kappa shape index (κ2) is 4.19. The number of benzene rings is 1. The van der Waals surface area contributed by atoms with Crippen LogP contribution in [0.3, 0.4) is 0 Å². The molecule has 0 aliphatic rings. The number of ether oxygens (including phenoxy) is 1. The molecular formula is C10H7BrN2O. The number of rotatable bonds is 2. The van der Waals surface area contributed by atoms with E-state index in [4.69, 9.17) is 4.74 Å². The van der Waals surface area contributed by atoms with Crippen molar-refractivity contribution in [1.29, 1.82) is 0 Å². The van der Waals surface area contributed by atoms with Gasteiger partial charge in [-0.25, -0.2) is 9.97 Å². The third-order valence-corrected chi connectivity index (χ3v) is 2.01. The highest BCUT2D eigenvalue weighted by atomic mass is 79.9. The molecule has 3 nitrogen and oxygen atoms in total. The van der Waals surface area contributed by atoms with Crippen LogP contribution in [0.4, 0.5) is 0 Å². The van der Waals surface area contributed by atoms with Gasteiger partial charge < -0.3 is 4.74 Å². The molecule has 0 fully saturated rings. The van der Waals surface area contributed by atoms with Crippen molar-refractivity contribution in [2.45, 2.75) is 0 Å². The molecule has 14 heavy (non-hydrogen) atoms. The highest BCUT2D eigenvalue weighted by molar-refractivity contribution is 9.10. The zero-order valence-corrected chi connectivity index (χ0v) is 8.81. The molecule has 2 aromatic rings. The molecule has 0 N–H and O–H groups in total. The number of hydrogen-bond acceptors (Lipinski definition) is 3. The Hall–Kier alpha value is -1.42. The molecule has 0 unspecified atom stereocenters. The Morgan fingerprint density at radius 1 is 1.07 bits per heavy atom. The lowest BCUT2D eigenvalue weighted by Crippen LogP contribution is -1.88. The number of aromatic nitrogens is 2. The summed E-state index contributed by atoms with van der Waals surface area (Å²) >= 11 is 3.24. The molecule has 0 saturated carbocycles. The molecule has 1 aromatic heterocycles. The molecule has 0 aliphatic heterocycles. The molecule has 0 saturated heterocycles. The summed E-state index contributed by atoms with van der Waals surface area (Å²) in [6.45, 7) is 0. The Kier molecular flexibility index (Phi) is 2.74. The monoisotopic (exact) mass is 250 g/mol. The maximum Gasteiger partial charge on any atom is 0.223 e. The summed E-state index contributed by atoms with van der Waals surface area (Å²) in [7, 11) is 0. The van der Waals surface area contributed by atoms with Crippen LogP contribution >= 0.6 is 15.9 Å². The molecule has 1 heterocycles. The van der Waals surface area contributed by atoms with Crippen molar-refractivity contribution >= 4 is 15.9 Å². The van der Waals surface area contributed by atoms with Gasteiger partial charge in [0, 0.05) is 6.07 Å². The van der Waals surface area contributed by atoms with E-state index in [-0.39, 0.29) is 0 Å². The van der Waals surface area contributed by atoms with Crippen LogP contribution in [0.15, 0.2) is 47.3 Å². The molecule has 0 aliphatic carbocycles. The number of hydrogen-bond donors (Lipinski definition) is 0. The third-order valence-electron chi connectivity index (χ3n) is 1.57. The molecule has 0 spiro atoms. The fourth-order valence-electron chi connectivity index (χ4n) is 0.982. The molecule has 70 valence electrons. The fourth-order valence-corrected chi connectivity index (χ4v) is 1.27. The molecule has 0 radical (unpaired) electrons. The van der Waals surface area contributed by atoms with E-state index in [2.05, 4.69) is 25.9 Å². The maximum absolute atomic E-state index is 5.48. The van der Waals surface area contributed by atoms with Gasteiger partial charge in [0.25, 0.3) is 0 Å². The first-order valence-corrected chi connectivity index (χ1v) is 4.84. The third kappa shape index (κ3) is 2.29. The Morgan fingerprint density at radius 2 is 1.86 bits per heavy atom. The summed E-state index contributed by atoms with van der Waals surface area (Å²) in [6.07, 6.45) is 1.45. The fraction of sp³-hybridized carbons (Fsp3) is 0. The smallest absolute Gasteiger partial charge is 0.223 e. The van der Waals surface area contributed by atoms with Crippen molar-refractivity contribution in [3.05, 3.63) is 47.3 Å². The number of nitrogens with zero attached hydrogens (tertiary/aromatic N) is 2. The lowest BCUT2D eigenvalue weighted by Gasteiger charge is -2.03. The van der Waals surface area contributed by atoms with Crippen LogP contribution in [0, 0.1) is 0 Å². The van der Waals surface area contributed by atoms with E-state index in [0.717, 1.165) is 5.75 Å². The lowest BCUT2D eigenvalue weighted by atomic mass is 10.3. The Morgan fingerprint density at radius 3 is 2.57 bits per heavy atom. The quantitative estimate of drug-likeness (QED) is 0.769. The van der Waals surface area contributed by atoms with Gasteiger partial charge >= 0.3 is 0 Å². The Bertz CT molecular complexity index is 419. The van der Waals surface area contributed by atoms with Gasteiger partial charge in [0.2, 0.25) is 5.88 Å². The minimum atomic E-state index is 0.526. The van der Waals surface area contributed by atoms with Crippen molar-refractivity contribution < 1.29 is 4.74 Å². The van der Waals surface area contributed by atoms with Crippen LogP contribution in [0.2, 0.25) is 0 Å². The molecule has 0 amide bonds. The van der Waals surface area contributed by atoms with Gasteiger partial charge in [0.05, 0.1) is 0 Å². The highest BCUT2D eigenvalue weighted by Crippen LogP contribution is 2.19. The SMILES string of the molecule is Brc1cc(Oc2ccccc2)ncn1. The summed E-state index contributed by atoms with van der Waals surface area (Å²) in [5.41, 5.74) is 0. The van der Waals surface area contributed by atoms with Gasteiger partial charge in [-0.1, -0.05) is 18.2 Å². The second-order valence-corrected chi connectivity index (χ2v) is 3.41. The molecule has 4 heteroatoms. The molecular weight excluding hydrogens is 244 g/mol. The van der Waals surface area contributed by atoms with Crippen LogP contribution in [0.25, 0.3) is 0 Å². The van der Waals surface area contributed by atoms with Crippen molar-refractivity contribution in [2.24, 2.45) is 0 Å². The lowest BCUT2D eigenvalue weighted by molar-refractivity contribution is 0.461. The summed E-state index contributed by atoms with van der Waals surface area (Å²) in [5.74, 6) is 1.29. The largest absolute Gasteiger partial charge is 0.439 e. The van der Waals surface area contributed by atoms with Gasteiger partial charge in [-0.2, -0.15) is 0 Å². The summed E-state index contributed by atoms with van der Waals surface area (Å²) < 4.78 is 6.18. The number of halogens is 1. The first-order valence-electron chi connectivity index (χ1n) is 4.05. The van der Waals surface area contributed by atoms with E-state index in [9.17, 15) is 0 Å². The highest BCUT2D eigenvalue weighted by Gasteiger charge is 1.98. The predicted molar refractivity (Wildman–Crippen MR) is 56.2 cm³/mol. The topological polar surface area (TPSA) is 35.0 Å². The van der Waals surface area contributed by atoms with Crippen molar-refractivity contribution in [3.63, 3.8) is 0 Å². The molecule has 0 atom stereocenters. The normalized spacial score (nSPS) is 9.79. The van der Waals surface area contributed by atoms with Gasteiger partial charge in [-0.05, 0) is 28.1 Å². The standard InChI is InChI=1S/C10H7BrN2O/c11-9-6-10(13-7-12-9)14-8-4-2-1-3-5-8/h1-7H. The van der Waals surface area contributed by atoms with Crippen LogP contribution < -0.4 is 4.74 Å². The van der Waals surface area contributed by atoms with Gasteiger partial charge in [0.1, 0.15) is 16.7 Å². The maximum atomic E-state index is 5.48. The van der Waals surface area contributed by atoms with E-state index in [1.54, 1.807) is 6.07 Å². The second-order valence-electron chi connectivity index (χ2n) is 2.59. The number of para-hydroxylation sites is 1. The summed E-state index contributed by atoms with van der Waals surface area (Å²) in [6, 6.07) is 11.2. The first kappa shape index (κ1) is 9.15.